The fourth-order valence-electron chi connectivity index (χ4n) is 5.27. The van der Waals surface area contributed by atoms with Crippen molar-refractivity contribution in [3.05, 3.63) is 60.2 Å². The summed E-state index contributed by atoms with van der Waals surface area (Å²) in [6, 6.07) is 15.7. The van der Waals surface area contributed by atoms with Gasteiger partial charge in [0.1, 0.15) is 5.69 Å². The van der Waals surface area contributed by atoms with Crippen molar-refractivity contribution in [2.75, 3.05) is 18.9 Å². The third-order valence-electron chi connectivity index (χ3n) is 6.73. The zero-order valence-electron chi connectivity index (χ0n) is 20.2. The first-order chi connectivity index (χ1) is 16.3. The maximum Gasteiger partial charge on any atom is 1.00 e. The van der Waals surface area contributed by atoms with Crippen LogP contribution < -0.4 is 38.9 Å². The van der Waals surface area contributed by atoms with E-state index in [1.165, 1.54) is 0 Å². The molecule has 0 aromatic heterocycles. The number of fused-ring (bicyclic) bond motifs is 2. The van der Waals surface area contributed by atoms with Crippen LogP contribution in [0, 0.1) is 0 Å². The molecule has 2 aromatic carbocycles. The molecule has 1 amide bonds. The second-order valence-corrected chi connectivity index (χ2v) is 10.6. The van der Waals surface area contributed by atoms with E-state index in [1.807, 2.05) is 60.8 Å². The van der Waals surface area contributed by atoms with Gasteiger partial charge in [-0.3, -0.25) is 9.45 Å². The number of hydroxylamine groups is 1. The number of carbonyl (C=O) groups is 1. The van der Waals surface area contributed by atoms with Crippen molar-refractivity contribution in [1.29, 1.82) is 0 Å². The van der Waals surface area contributed by atoms with Crippen LogP contribution in [-0.4, -0.2) is 75.9 Å². The molecule has 0 radical (unpaired) electrons. The molecule has 3 saturated heterocycles. The summed E-state index contributed by atoms with van der Waals surface area (Å²) >= 11 is 5.76. The van der Waals surface area contributed by atoms with E-state index >= 15 is 0 Å². The van der Waals surface area contributed by atoms with E-state index in [0.717, 1.165) is 11.3 Å². The van der Waals surface area contributed by atoms with Crippen molar-refractivity contribution in [2.24, 2.45) is 0 Å². The third kappa shape index (κ3) is 4.27. The largest absolute Gasteiger partial charge is 1.00 e. The van der Waals surface area contributed by atoms with E-state index in [1.54, 1.807) is 9.64 Å². The van der Waals surface area contributed by atoms with E-state index in [0.29, 0.717) is 17.3 Å². The molecule has 0 aliphatic carbocycles. The van der Waals surface area contributed by atoms with Crippen LogP contribution in [0.4, 0.5) is 5.69 Å². The molecule has 12 heteroatoms. The Bertz CT molecular complexity index is 1300. The van der Waals surface area contributed by atoms with Gasteiger partial charge in [0.15, 0.2) is 0 Å². The summed E-state index contributed by atoms with van der Waals surface area (Å²) in [5.74, 6) is 0.262. The number of β-lactam (4-membered cyclic amide) rings is 1. The molecule has 0 saturated carbocycles. The minimum atomic E-state index is -4.07. The van der Waals surface area contributed by atoms with Gasteiger partial charge in [-0.25, -0.2) is 9.63 Å². The number of rotatable bonds is 8. The van der Waals surface area contributed by atoms with Crippen LogP contribution in [-0.2, 0) is 14.9 Å². The molecule has 4 aliphatic heterocycles. The molecule has 0 spiro atoms. The minimum Gasteiger partial charge on any atom is -1.00 e. The molecule has 180 valence electrons. The summed E-state index contributed by atoms with van der Waals surface area (Å²) in [4.78, 5) is 21.3. The van der Waals surface area contributed by atoms with Gasteiger partial charge in [-0.05, 0) is 23.3 Å². The Kier molecular flexibility index (Phi) is 7.52. The molecule has 9 nitrogen and oxygen atoms in total. The summed E-state index contributed by atoms with van der Waals surface area (Å²) in [7, 11) is -4.07. The van der Waals surface area contributed by atoms with Crippen molar-refractivity contribution < 1.29 is 63.4 Å². The Hall–Kier alpha value is -1.70. The Morgan fingerprint density at radius 2 is 1.86 bits per heavy atom. The number of para-hydroxylation sites is 2. The molecule has 4 heterocycles. The van der Waals surface area contributed by atoms with Gasteiger partial charge in [-0.2, -0.15) is 12.9 Å². The Balaban J connectivity index is 0.00000180. The molecule has 35 heavy (non-hydrogen) atoms. The molecule has 6 rings (SSSR count). The van der Waals surface area contributed by atoms with Gasteiger partial charge in [0.05, 0.1) is 17.9 Å². The number of nitrogens with zero attached hydrogens (tertiary/aromatic N) is 3. The predicted octanol–water partition coefficient (Wildman–Crippen LogP) is -1.22. The number of carbonyl (C=O) groups excluding carboxylic acids is 1. The van der Waals surface area contributed by atoms with E-state index < -0.39 is 16.2 Å². The smallest absolute Gasteiger partial charge is 1.00 e. The summed E-state index contributed by atoms with van der Waals surface area (Å²) in [5.41, 5.74) is 1.65. The molecule has 4 unspecified atom stereocenters. The average Bonchev–Trinajstić information content (AvgIpc) is 3.35. The van der Waals surface area contributed by atoms with Crippen LogP contribution in [0.5, 0.6) is 5.75 Å². The van der Waals surface area contributed by atoms with Crippen LogP contribution >= 0.6 is 12.2 Å². The first-order valence-corrected chi connectivity index (χ1v) is 13.1. The number of quaternary nitrogens is 1. The zero-order valence-corrected chi connectivity index (χ0v) is 22.9. The summed E-state index contributed by atoms with van der Waals surface area (Å²) in [5, 5.41) is 10.0. The van der Waals surface area contributed by atoms with Crippen molar-refractivity contribution in [1.82, 2.24) is 9.38 Å². The van der Waals surface area contributed by atoms with Crippen LogP contribution in [0.15, 0.2) is 54.6 Å². The second kappa shape index (κ2) is 9.98. The summed E-state index contributed by atoms with van der Waals surface area (Å²) in [6.45, 7) is 0.126. The predicted molar refractivity (Wildman–Crippen MR) is 130 cm³/mol. The fourth-order valence-corrected chi connectivity index (χ4v) is 6.32. The molecular weight excluding hydrogens is 501 g/mol. The van der Waals surface area contributed by atoms with Gasteiger partial charge in [0.2, 0.25) is 23.9 Å². The van der Waals surface area contributed by atoms with Gasteiger partial charge in [0, 0.05) is 37.3 Å². The SMILES string of the molecule is O=C1C2C(C=[N+]3Oc4ccccc4C3CCCS(=O)(=O)O)[N+]1(c1ccccc1)C(=S)N2CCO.[H-].[Na+]. The Morgan fingerprint density at radius 1 is 1.17 bits per heavy atom. The molecular formula is C23H26N3NaO6S2+2. The minimum absolute atomic E-state index is 0. The zero-order chi connectivity index (χ0) is 24.1. The Labute approximate surface area is 232 Å². The van der Waals surface area contributed by atoms with Gasteiger partial charge < -0.3 is 6.53 Å². The molecule has 4 aliphatic rings. The monoisotopic (exact) mass is 527 g/mol. The van der Waals surface area contributed by atoms with Crippen LogP contribution in [0.25, 0.3) is 0 Å². The number of benzene rings is 2. The van der Waals surface area contributed by atoms with Crippen molar-refractivity contribution >= 4 is 45.3 Å². The molecule has 2 N–H and O–H groups in total. The maximum atomic E-state index is 13.4. The summed E-state index contributed by atoms with van der Waals surface area (Å²) < 4.78 is 33.2. The molecule has 2 aromatic rings. The van der Waals surface area contributed by atoms with E-state index in [-0.39, 0.29) is 78.8 Å². The first-order valence-electron chi connectivity index (χ1n) is 11.0. The first kappa shape index (κ1) is 26.4. The molecule has 3 fully saturated rings. The quantitative estimate of drug-likeness (QED) is 0.110. The number of amides is 1. The van der Waals surface area contributed by atoms with Crippen molar-refractivity contribution in [2.45, 2.75) is 31.0 Å². The second-order valence-electron chi connectivity index (χ2n) is 8.61. The number of aliphatic hydroxyl groups excluding tert-OH is 1. The van der Waals surface area contributed by atoms with Gasteiger partial charge >= 0.3 is 35.5 Å². The van der Waals surface area contributed by atoms with E-state index in [9.17, 15) is 18.3 Å². The number of hydrogen-bond acceptors (Lipinski definition) is 6. The summed E-state index contributed by atoms with van der Waals surface area (Å²) in [6.07, 6.45) is 2.53. The topological polar surface area (TPSA) is 107 Å². The van der Waals surface area contributed by atoms with Crippen LogP contribution in [0.3, 0.4) is 0 Å². The maximum absolute atomic E-state index is 13.4. The van der Waals surface area contributed by atoms with Crippen LogP contribution in [0.1, 0.15) is 25.9 Å². The number of hydrogen-bond donors (Lipinski definition) is 2. The van der Waals surface area contributed by atoms with Crippen molar-refractivity contribution in [3.8, 4) is 5.75 Å². The molecule has 4 atom stereocenters. The normalized spacial score (nSPS) is 27.9. The standard InChI is InChI=1S/C23H24N3O6S2.Na.H/c27-13-12-24-21-19(26(22(21)28,23(24)33)16-7-2-1-3-8-16)15-25-18(10-6-14-34(29,30)31)17-9-4-5-11-20(17)32-25;;/h1-5,7-9,11,15,18-19,21,27H,6,10,12-14H2;;/q2*+1;-1/p+1. The molecule has 2 bridgehead atoms. The van der Waals surface area contributed by atoms with Gasteiger partial charge in [-0.1, -0.05) is 30.3 Å². The van der Waals surface area contributed by atoms with Gasteiger partial charge in [0.25, 0.3) is 21.4 Å². The van der Waals surface area contributed by atoms with E-state index in [4.69, 9.17) is 21.6 Å². The number of thiocarbonyl (C=S) groups is 1. The number of aliphatic hydroxyl groups is 1. The van der Waals surface area contributed by atoms with Crippen molar-refractivity contribution in [3.63, 3.8) is 0 Å². The van der Waals surface area contributed by atoms with Crippen LogP contribution in [0.2, 0.25) is 0 Å². The Morgan fingerprint density at radius 3 is 2.54 bits per heavy atom. The third-order valence-corrected chi connectivity index (χ3v) is 8.05. The average molecular weight is 528 g/mol. The fraction of sp³-hybridized carbons (Fsp3) is 0.348. The van der Waals surface area contributed by atoms with Gasteiger partial charge in [-0.15, -0.1) is 0 Å². The van der Waals surface area contributed by atoms with E-state index in [2.05, 4.69) is 0 Å².